The van der Waals surface area contributed by atoms with Crippen molar-refractivity contribution in [2.75, 3.05) is 9.80 Å². The molecule has 7 heterocycles. The Bertz CT molecular complexity index is 4670. The fraction of sp³-hybridized carbons (Fsp3) is 0. The molecule has 18 rings (SSSR count). The van der Waals surface area contributed by atoms with Crippen LogP contribution in [0.15, 0.2) is 237 Å². The predicted octanol–water partition coefficient (Wildman–Crippen LogP) is 12.2. The van der Waals surface area contributed by atoms with Gasteiger partial charge < -0.3 is 23.5 Å². The highest BCUT2D eigenvalue weighted by atomic mass is 15.2. The van der Waals surface area contributed by atoms with Crippen LogP contribution in [-0.2, 0) is 0 Å². The van der Waals surface area contributed by atoms with Crippen LogP contribution in [0.3, 0.4) is 0 Å². The average Bonchev–Trinajstić information content (AvgIpc) is 4.23. The molecule has 0 fully saturated rings. The molecule has 0 spiro atoms. The summed E-state index contributed by atoms with van der Waals surface area (Å²) in [6.07, 6.45) is 0. The summed E-state index contributed by atoms with van der Waals surface area (Å²) >= 11 is 0. The molecule has 7 heteroatoms. The van der Waals surface area contributed by atoms with Crippen LogP contribution in [-0.4, -0.2) is 27.1 Å². The van der Waals surface area contributed by atoms with Crippen molar-refractivity contribution in [2.45, 2.75) is 0 Å². The van der Waals surface area contributed by atoms with E-state index in [-0.39, 0.29) is 13.4 Å². The van der Waals surface area contributed by atoms with Crippen LogP contribution < -0.4 is 42.6 Å². The zero-order valence-electron chi connectivity index (χ0n) is 39.4. The third-order valence-electron chi connectivity index (χ3n) is 16.9. The quantitative estimate of drug-likeness (QED) is 0.155. The molecule has 14 aromatic rings. The standard InChI is InChI=1S/C66H39B2N5/c1-5-18-40(19-6-1)69(41-20-7-2-8-21-41)44-34-35-57-50(36-44)48-28-16-30-52-63(48)72(57)58-39-59-61-66-60(58)67(52)54-32-17-29-49-51-37-45(70(42-22-9-3-10-23-42)43-24-11-4-12-25-43)38-55(65(51)73(66)64(49)54)68(61)53-31-15-27-47-46-26-13-14-33-56(46)71(59)62(47)53/h1-39H. The second kappa shape index (κ2) is 13.7. The summed E-state index contributed by atoms with van der Waals surface area (Å²) in [7, 11) is 0. The molecule has 4 aliphatic heterocycles. The highest BCUT2D eigenvalue weighted by molar-refractivity contribution is 7.04. The molecule has 3 aromatic heterocycles. The monoisotopic (exact) mass is 923 g/mol. The summed E-state index contributed by atoms with van der Waals surface area (Å²) in [4.78, 5) is 4.84. The van der Waals surface area contributed by atoms with Crippen molar-refractivity contribution < 1.29 is 0 Å². The van der Waals surface area contributed by atoms with Gasteiger partial charge in [0.25, 0.3) is 13.4 Å². The number of para-hydroxylation sites is 8. The fourth-order valence-electron chi connectivity index (χ4n) is 14.3. The normalized spacial score (nSPS) is 13.2. The van der Waals surface area contributed by atoms with Gasteiger partial charge in [-0.3, -0.25) is 0 Å². The minimum absolute atomic E-state index is 0.0196. The Hall–Kier alpha value is -9.45. The van der Waals surface area contributed by atoms with Gasteiger partial charge in [0, 0.05) is 106 Å². The first-order valence-electron chi connectivity index (χ1n) is 25.5. The summed E-state index contributed by atoms with van der Waals surface area (Å²) in [5.74, 6) is 0. The van der Waals surface area contributed by atoms with Crippen LogP contribution in [0.25, 0.3) is 82.5 Å². The Kier molecular flexibility index (Phi) is 7.19. The third-order valence-corrected chi connectivity index (χ3v) is 16.9. The largest absolute Gasteiger partial charge is 0.311 e. The SMILES string of the molecule is c1ccc(N(c2ccccc2)c2ccc3c(c2)c2cccc4c2n3-c2cc3c5c6c2B4c2cccc4c7cc(N(c8ccccc8)c8ccccc8)cc(c7n-6c24)B5c2cccc4c5ccccc5n-3c24)cc1. The number of anilines is 6. The van der Waals surface area contributed by atoms with Crippen molar-refractivity contribution in [1.29, 1.82) is 0 Å². The number of benzene rings is 11. The van der Waals surface area contributed by atoms with Gasteiger partial charge in [0.15, 0.2) is 0 Å². The van der Waals surface area contributed by atoms with Crippen molar-refractivity contribution in [3.05, 3.63) is 237 Å². The van der Waals surface area contributed by atoms with Crippen LogP contribution in [0.5, 0.6) is 0 Å². The summed E-state index contributed by atoms with van der Waals surface area (Å²) in [6, 6.07) is 88.5. The third kappa shape index (κ3) is 4.71. The molecule has 5 nitrogen and oxygen atoms in total. The Morgan fingerprint density at radius 3 is 1.23 bits per heavy atom. The highest BCUT2D eigenvalue weighted by Gasteiger charge is 2.49. The summed E-state index contributed by atoms with van der Waals surface area (Å²) in [6.45, 7) is 0.000105. The van der Waals surface area contributed by atoms with Gasteiger partial charge in [-0.25, -0.2) is 0 Å². The van der Waals surface area contributed by atoms with Gasteiger partial charge in [-0.1, -0.05) is 146 Å². The molecule has 0 aliphatic carbocycles. The molecule has 0 saturated heterocycles. The average molecular weight is 924 g/mol. The summed E-state index contributed by atoms with van der Waals surface area (Å²) < 4.78 is 7.99. The molecule has 4 aliphatic rings. The van der Waals surface area contributed by atoms with Crippen molar-refractivity contribution in [3.8, 4) is 17.1 Å². The van der Waals surface area contributed by atoms with Gasteiger partial charge in [-0.05, 0) is 124 Å². The zero-order valence-corrected chi connectivity index (χ0v) is 39.4. The van der Waals surface area contributed by atoms with E-state index in [0.29, 0.717) is 0 Å². The fourth-order valence-corrected chi connectivity index (χ4v) is 14.3. The Morgan fingerprint density at radius 2 is 0.671 bits per heavy atom. The van der Waals surface area contributed by atoms with Crippen molar-refractivity contribution in [1.82, 2.24) is 13.7 Å². The first-order valence-corrected chi connectivity index (χ1v) is 25.5. The molecule has 73 heavy (non-hydrogen) atoms. The van der Waals surface area contributed by atoms with Gasteiger partial charge in [-0.2, -0.15) is 0 Å². The topological polar surface area (TPSA) is 21.3 Å². The van der Waals surface area contributed by atoms with Crippen molar-refractivity contribution in [3.63, 3.8) is 0 Å². The first-order chi connectivity index (χ1) is 36.3. The molecular formula is C66H39B2N5. The van der Waals surface area contributed by atoms with E-state index in [1.807, 2.05) is 0 Å². The van der Waals surface area contributed by atoms with Crippen molar-refractivity contribution >= 4 is 146 Å². The van der Waals surface area contributed by atoms with Gasteiger partial charge in [0.2, 0.25) is 0 Å². The zero-order chi connectivity index (χ0) is 47.2. The maximum atomic E-state index is 2.72. The van der Waals surface area contributed by atoms with Crippen molar-refractivity contribution in [2.24, 2.45) is 0 Å². The van der Waals surface area contributed by atoms with Crippen LogP contribution in [0.1, 0.15) is 0 Å². The number of fused-ring (bicyclic) bond motifs is 13. The molecule has 0 unspecified atom stereocenters. The molecule has 0 atom stereocenters. The molecule has 11 aromatic carbocycles. The Morgan fingerprint density at radius 1 is 0.260 bits per heavy atom. The lowest BCUT2D eigenvalue weighted by Crippen LogP contribution is -2.66. The van der Waals surface area contributed by atoms with Gasteiger partial charge >= 0.3 is 0 Å². The van der Waals surface area contributed by atoms with E-state index < -0.39 is 0 Å². The molecule has 334 valence electrons. The molecular weight excluding hydrogens is 884 g/mol. The predicted molar refractivity (Wildman–Crippen MR) is 308 cm³/mol. The van der Waals surface area contributed by atoms with Gasteiger partial charge in [0.05, 0.1) is 11.0 Å². The lowest BCUT2D eigenvalue weighted by Gasteiger charge is -2.41. The minimum atomic E-state index is -0.0196. The van der Waals surface area contributed by atoms with E-state index >= 15 is 0 Å². The number of hydrogen-bond acceptors (Lipinski definition) is 2. The molecule has 0 radical (unpaired) electrons. The summed E-state index contributed by atoms with van der Waals surface area (Å²) in [5.41, 5.74) is 26.6. The van der Waals surface area contributed by atoms with E-state index in [4.69, 9.17) is 0 Å². The summed E-state index contributed by atoms with van der Waals surface area (Å²) in [5, 5.41) is 7.70. The maximum Gasteiger partial charge on any atom is 0.252 e. The van der Waals surface area contributed by atoms with E-state index in [0.717, 1.165) is 34.1 Å². The van der Waals surface area contributed by atoms with Gasteiger partial charge in [0.1, 0.15) is 0 Å². The molecule has 0 amide bonds. The van der Waals surface area contributed by atoms with E-state index in [9.17, 15) is 0 Å². The number of nitrogens with zero attached hydrogens (tertiary/aromatic N) is 5. The molecule has 0 bridgehead atoms. The number of rotatable bonds is 6. The maximum absolute atomic E-state index is 2.72. The minimum Gasteiger partial charge on any atom is -0.311 e. The smallest absolute Gasteiger partial charge is 0.252 e. The van der Waals surface area contributed by atoms with Crippen LogP contribution in [0, 0.1) is 0 Å². The molecule has 0 saturated carbocycles. The highest BCUT2D eigenvalue weighted by Crippen LogP contribution is 2.46. The van der Waals surface area contributed by atoms with Gasteiger partial charge in [-0.15, -0.1) is 0 Å². The van der Waals surface area contributed by atoms with Crippen LogP contribution >= 0.6 is 0 Å². The van der Waals surface area contributed by atoms with E-state index in [1.165, 1.54) is 115 Å². The number of aromatic nitrogens is 3. The lowest BCUT2D eigenvalue weighted by molar-refractivity contribution is 1.11. The molecule has 0 N–H and O–H groups in total. The second-order valence-corrected chi connectivity index (χ2v) is 20.4. The van der Waals surface area contributed by atoms with E-state index in [2.05, 4.69) is 260 Å². The Balaban J connectivity index is 0.996. The van der Waals surface area contributed by atoms with Crippen LogP contribution in [0.2, 0.25) is 0 Å². The Labute approximate surface area is 420 Å². The lowest BCUT2D eigenvalue weighted by atomic mass is 9.30. The van der Waals surface area contributed by atoms with Crippen LogP contribution in [0.4, 0.5) is 34.1 Å². The second-order valence-electron chi connectivity index (χ2n) is 20.4. The van der Waals surface area contributed by atoms with E-state index in [1.54, 1.807) is 0 Å². The number of hydrogen-bond donors (Lipinski definition) is 0. The first kappa shape index (κ1) is 38.3.